The molecule has 5 heteroatoms. The number of halogens is 1. The first-order valence-electron chi connectivity index (χ1n) is 5.75. The minimum absolute atomic E-state index is 0.527. The second-order valence-corrected chi connectivity index (χ2v) is 4.79. The highest BCUT2D eigenvalue weighted by Crippen LogP contribution is 2.29. The van der Waals surface area contributed by atoms with E-state index in [0.717, 1.165) is 28.0 Å². The van der Waals surface area contributed by atoms with Crippen molar-refractivity contribution < 1.29 is 0 Å². The number of anilines is 3. The van der Waals surface area contributed by atoms with Crippen molar-refractivity contribution in [2.45, 2.75) is 20.3 Å². The van der Waals surface area contributed by atoms with Gasteiger partial charge in [-0.25, -0.2) is 9.97 Å². The molecule has 0 fully saturated rings. The normalized spacial score (nSPS) is 10.4. The molecule has 0 radical (unpaired) electrons. The van der Waals surface area contributed by atoms with E-state index in [1.54, 1.807) is 0 Å². The van der Waals surface area contributed by atoms with Crippen molar-refractivity contribution in [3.8, 4) is 0 Å². The minimum Gasteiger partial charge on any atom is -0.383 e. The Kier molecular flexibility index (Phi) is 3.81. The Bertz CT molecular complexity index is 569. The predicted molar refractivity (Wildman–Crippen MR) is 78.0 cm³/mol. The fraction of sp³-hybridized carbons (Fsp3) is 0.231. The SMILES string of the molecule is CCc1c(N)ncnc1Nc1cccc(C)c1Br. The average Bonchev–Trinajstić information content (AvgIpc) is 2.35. The Morgan fingerprint density at radius 1 is 1.33 bits per heavy atom. The smallest absolute Gasteiger partial charge is 0.139 e. The Morgan fingerprint density at radius 2 is 2.11 bits per heavy atom. The van der Waals surface area contributed by atoms with Gasteiger partial charge in [-0.1, -0.05) is 19.1 Å². The summed E-state index contributed by atoms with van der Waals surface area (Å²) in [4.78, 5) is 8.26. The summed E-state index contributed by atoms with van der Waals surface area (Å²) in [6.07, 6.45) is 2.26. The molecule has 0 bridgehead atoms. The van der Waals surface area contributed by atoms with Crippen LogP contribution in [0.15, 0.2) is 29.0 Å². The van der Waals surface area contributed by atoms with Crippen molar-refractivity contribution in [3.63, 3.8) is 0 Å². The third-order valence-electron chi connectivity index (χ3n) is 2.78. The average molecular weight is 307 g/mol. The molecule has 0 aliphatic rings. The molecule has 2 aromatic rings. The van der Waals surface area contributed by atoms with Gasteiger partial charge in [0.1, 0.15) is 18.0 Å². The summed E-state index contributed by atoms with van der Waals surface area (Å²) >= 11 is 3.57. The number of benzene rings is 1. The molecule has 18 heavy (non-hydrogen) atoms. The highest BCUT2D eigenvalue weighted by atomic mass is 79.9. The number of aromatic nitrogens is 2. The van der Waals surface area contributed by atoms with Crippen molar-refractivity contribution in [1.82, 2.24) is 9.97 Å². The number of nitrogens with two attached hydrogens (primary N) is 1. The first kappa shape index (κ1) is 12.8. The van der Waals surface area contributed by atoms with Gasteiger partial charge in [0.2, 0.25) is 0 Å². The molecule has 0 saturated carbocycles. The lowest BCUT2D eigenvalue weighted by Gasteiger charge is -2.13. The second kappa shape index (κ2) is 5.35. The Morgan fingerprint density at radius 3 is 2.83 bits per heavy atom. The van der Waals surface area contributed by atoms with Crippen LogP contribution < -0.4 is 11.1 Å². The Labute approximate surface area is 115 Å². The molecular formula is C13H15BrN4. The van der Waals surface area contributed by atoms with Crippen LogP contribution in [0.25, 0.3) is 0 Å². The fourth-order valence-electron chi connectivity index (χ4n) is 1.75. The van der Waals surface area contributed by atoms with Crippen molar-refractivity contribution >= 4 is 33.3 Å². The third kappa shape index (κ3) is 2.46. The number of nitrogens with one attached hydrogen (secondary N) is 1. The fourth-order valence-corrected chi connectivity index (χ4v) is 2.12. The molecule has 0 aliphatic heterocycles. The van der Waals surface area contributed by atoms with Crippen LogP contribution in [-0.4, -0.2) is 9.97 Å². The van der Waals surface area contributed by atoms with Crippen LogP contribution in [0.2, 0.25) is 0 Å². The topological polar surface area (TPSA) is 63.8 Å². The van der Waals surface area contributed by atoms with Crippen LogP contribution in [-0.2, 0) is 6.42 Å². The number of nitrogens with zero attached hydrogens (tertiary/aromatic N) is 2. The highest BCUT2D eigenvalue weighted by molar-refractivity contribution is 9.10. The molecule has 2 rings (SSSR count). The zero-order chi connectivity index (χ0) is 13.1. The Hall–Kier alpha value is -1.62. The van der Waals surface area contributed by atoms with E-state index in [-0.39, 0.29) is 0 Å². The summed E-state index contributed by atoms with van der Waals surface area (Å²) in [7, 11) is 0. The standard InChI is InChI=1S/C13H15BrN4/c1-3-9-12(15)16-7-17-13(9)18-10-6-4-5-8(2)11(10)14/h4-7H,3H2,1-2H3,(H3,15,16,17,18). The van der Waals surface area contributed by atoms with Crippen molar-refractivity contribution in [3.05, 3.63) is 40.1 Å². The van der Waals surface area contributed by atoms with Gasteiger partial charge in [0.25, 0.3) is 0 Å². The molecule has 1 heterocycles. The van der Waals surface area contributed by atoms with Crippen molar-refractivity contribution in [1.29, 1.82) is 0 Å². The van der Waals surface area contributed by atoms with Crippen molar-refractivity contribution in [2.24, 2.45) is 0 Å². The summed E-state index contributed by atoms with van der Waals surface area (Å²) in [5, 5.41) is 3.30. The van der Waals surface area contributed by atoms with E-state index in [2.05, 4.69) is 31.2 Å². The van der Waals surface area contributed by atoms with Gasteiger partial charge in [-0.2, -0.15) is 0 Å². The number of nitrogen functional groups attached to an aromatic ring is 1. The highest BCUT2D eigenvalue weighted by Gasteiger charge is 2.09. The lowest BCUT2D eigenvalue weighted by Crippen LogP contribution is -2.04. The molecule has 0 spiro atoms. The van der Waals surface area contributed by atoms with Crippen LogP contribution in [0.3, 0.4) is 0 Å². The largest absolute Gasteiger partial charge is 0.383 e. The third-order valence-corrected chi connectivity index (χ3v) is 3.83. The predicted octanol–water partition coefficient (Wildman–Crippen LogP) is 3.44. The molecule has 4 nitrogen and oxygen atoms in total. The van der Waals surface area contributed by atoms with E-state index < -0.39 is 0 Å². The van der Waals surface area contributed by atoms with Gasteiger partial charge in [0.05, 0.1) is 5.69 Å². The number of aryl methyl sites for hydroxylation is 1. The van der Waals surface area contributed by atoms with E-state index >= 15 is 0 Å². The van der Waals surface area contributed by atoms with E-state index in [9.17, 15) is 0 Å². The maximum absolute atomic E-state index is 5.85. The number of hydrogen-bond donors (Lipinski definition) is 2. The zero-order valence-electron chi connectivity index (χ0n) is 10.4. The summed E-state index contributed by atoms with van der Waals surface area (Å²) in [5.74, 6) is 1.29. The first-order valence-corrected chi connectivity index (χ1v) is 6.54. The van der Waals surface area contributed by atoms with Crippen LogP contribution >= 0.6 is 15.9 Å². The van der Waals surface area contributed by atoms with Gasteiger partial charge in [-0.05, 0) is 40.9 Å². The Balaban J connectivity index is 2.40. The summed E-state index contributed by atoms with van der Waals surface area (Å²) in [5.41, 5.74) is 8.93. The van der Waals surface area contributed by atoms with E-state index in [0.29, 0.717) is 5.82 Å². The number of hydrogen-bond acceptors (Lipinski definition) is 4. The van der Waals surface area contributed by atoms with Gasteiger partial charge >= 0.3 is 0 Å². The van der Waals surface area contributed by atoms with Crippen LogP contribution in [0.5, 0.6) is 0 Å². The molecule has 0 aliphatic carbocycles. The quantitative estimate of drug-likeness (QED) is 0.912. The van der Waals surface area contributed by atoms with Gasteiger partial charge < -0.3 is 11.1 Å². The maximum atomic E-state index is 5.85. The minimum atomic E-state index is 0.527. The molecule has 0 saturated heterocycles. The van der Waals surface area contributed by atoms with Crippen LogP contribution in [0.4, 0.5) is 17.3 Å². The molecule has 1 aromatic carbocycles. The van der Waals surface area contributed by atoms with Gasteiger partial charge in [-0.3, -0.25) is 0 Å². The van der Waals surface area contributed by atoms with Gasteiger partial charge in [-0.15, -0.1) is 0 Å². The molecule has 0 atom stereocenters. The molecular weight excluding hydrogens is 292 g/mol. The van der Waals surface area contributed by atoms with Crippen LogP contribution in [0.1, 0.15) is 18.1 Å². The molecule has 3 N–H and O–H groups in total. The molecule has 0 unspecified atom stereocenters. The zero-order valence-corrected chi connectivity index (χ0v) is 12.0. The monoisotopic (exact) mass is 306 g/mol. The summed E-state index contributed by atoms with van der Waals surface area (Å²) in [6, 6.07) is 6.04. The second-order valence-electron chi connectivity index (χ2n) is 4.00. The van der Waals surface area contributed by atoms with E-state index in [4.69, 9.17) is 5.73 Å². The molecule has 94 valence electrons. The molecule has 1 aromatic heterocycles. The van der Waals surface area contributed by atoms with E-state index in [1.165, 1.54) is 11.9 Å². The summed E-state index contributed by atoms with van der Waals surface area (Å²) in [6.45, 7) is 4.08. The van der Waals surface area contributed by atoms with Gasteiger partial charge in [0, 0.05) is 10.0 Å². The number of rotatable bonds is 3. The first-order chi connectivity index (χ1) is 8.63. The van der Waals surface area contributed by atoms with Crippen LogP contribution in [0, 0.1) is 6.92 Å². The van der Waals surface area contributed by atoms with E-state index in [1.807, 2.05) is 32.0 Å². The summed E-state index contributed by atoms with van der Waals surface area (Å²) < 4.78 is 1.03. The lowest BCUT2D eigenvalue weighted by molar-refractivity contribution is 1.06. The van der Waals surface area contributed by atoms with Gasteiger partial charge in [0.15, 0.2) is 0 Å². The van der Waals surface area contributed by atoms with Crippen molar-refractivity contribution in [2.75, 3.05) is 11.1 Å². The maximum Gasteiger partial charge on any atom is 0.139 e. The lowest BCUT2D eigenvalue weighted by atomic mass is 10.2. The molecule has 0 amide bonds.